The number of hydrogen-bond acceptors (Lipinski definition) is 4. The molecule has 23 heavy (non-hydrogen) atoms. The van der Waals surface area contributed by atoms with Gasteiger partial charge in [-0.1, -0.05) is 19.1 Å². The number of nitrogens with zero attached hydrogens (tertiary/aromatic N) is 2. The first-order valence-electron chi connectivity index (χ1n) is 7.28. The minimum atomic E-state index is -0.161. The molecule has 7 heteroatoms. The molecule has 0 unspecified atom stereocenters. The normalized spacial score (nSPS) is 11.3. The number of amides is 1. The summed E-state index contributed by atoms with van der Waals surface area (Å²) in [5.74, 6) is 1.31. The number of ether oxygens (including phenoxy) is 1. The van der Waals surface area contributed by atoms with Crippen LogP contribution in [0.25, 0.3) is 5.57 Å². The number of carbonyl (C=O) groups is 1. The van der Waals surface area contributed by atoms with Gasteiger partial charge in [-0.3, -0.25) is 9.89 Å². The van der Waals surface area contributed by atoms with Crippen LogP contribution in [0.15, 0.2) is 30.3 Å². The average Bonchev–Trinajstić information content (AvgIpc) is 2.90. The van der Waals surface area contributed by atoms with E-state index >= 15 is 0 Å². The summed E-state index contributed by atoms with van der Waals surface area (Å²) in [6, 6.07) is 7.65. The summed E-state index contributed by atoms with van der Waals surface area (Å²) in [4.78, 5) is 12.1. The molecule has 1 aromatic heterocycles. The summed E-state index contributed by atoms with van der Waals surface area (Å²) >= 11 is 5.04. The first-order chi connectivity index (χ1) is 11.0. The molecule has 2 rings (SSSR count). The minimum absolute atomic E-state index is 0.161. The van der Waals surface area contributed by atoms with Crippen LogP contribution in [0.2, 0.25) is 0 Å². The van der Waals surface area contributed by atoms with Crippen LogP contribution in [0.3, 0.4) is 0 Å². The van der Waals surface area contributed by atoms with E-state index in [2.05, 4.69) is 15.5 Å². The lowest BCUT2D eigenvalue weighted by atomic mass is 10.0. The van der Waals surface area contributed by atoms with Gasteiger partial charge in [-0.15, -0.1) is 0 Å². The number of benzene rings is 1. The van der Waals surface area contributed by atoms with Gasteiger partial charge < -0.3 is 14.6 Å². The third-order valence-corrected chi connectivity index (χ3v) is 3.91. The number of methoxy groups -OCH3 is 1. The number of aromatic nitrogens is 3. The van der Waals surface area contributed by atoms with Crippen LogP contribution in [0.5, 0.6) is 5.75 Å². The van der Waals surface area contributed by atoms with Crippen molar-refractivity contribution >= 4 is 23.7 Å². The van der Waals surface area contributed by atoms with Crippen LogP contribution in [0, 0.1) is 4.77 Å². The van der Waals surface area contributed by atoms with Gasteiger partial charge in [0.15, 0.2) is 10.6 Å². The van der Waals surface area contributed by atoms with Gasteiger partial charge in [0.1, 0.15) is 5.75 Å². The monoisotopic (exact) mass is 332 g/mol. The van der Waals surface area contributed by atoms with Crippen molar-refractivity contribution in [1.82, 2.24) is 20.1 Å². The summed E-state index contributed by atoms with van der Waals surface area (Å²) in [6.45, 7) is 2.33. The van der Waals surface area contributed by atoms with Gasteiger partial charge in [-0.05, 0) is 41.9 Å². The van der Waals surface area contributed by atoms with Crippen molar-refractivity contribution in [2.45, 2.75) is 19.9 Å². The van der Waals surface area contributed by atoms with Crippen LogP contribution in [0.4, 0.5) is 0 Å². The van der Waals surface area contributed by atoms with Crippen molar-refractivity contribution < 1.29 is 9.53 Å². The fourth-order valence-electron chi connectivity index (χ4n) is 2.11. The first-order valence-corrected chi connectivity index (χ1v) is 7.69. The van der Waals surface area contributed by atoms with E-state index in [1.54, 1.807) is 24.8 Å². The Balaban J connectivity index is 2.06. The third kappa shape index (κ3) is 4.29. The van der Waals surface area contributed by atoms with E-state index in [4.69, 9.17) is 17.0 Å². The van der Waals surface area contributed by atoms with E-state index in [9.17, 15) is 4.79 Å². The zero-order chi connectivity index (χ0) is 16.8. The molecule has 122 valence electrons. The highest BCUT2D eigenvalue weighted by Gasteiger charge is 2.06. The summed E-state index contributed by atoms with van der Waals surface area (Å²) in [5, 5.41) is 9.57. The van der Waals surface area contributed by atoms with Crippen molar-refractivity contribution in [1.29, 1.82) is 0 Å². The average molecular weight is 332 g/mol. The molecule has 0 saturated heterocycles. The second-order valence-corrected chi connectivity index (χ2v) is 5.36. The first kappa shape index (κ1) is 17.0. The van der Waals surface area contributed by atoms with E-state index in [-0.39, 0.29) is 5.91 Å². The van der Waals surface area contributed by atoms with Crippen molar-refractivity contribution in [3.8, 4) is 5.75 Å². The Labute approximate surface area is 140 Å². The Hall–Kier alpha value is -2.41. The standard InChI is InChI=1S/C16H20N4O2S/c1-4-11(12-5-7-13(22-3)8-6-12)9-15(21)17-10-14-18-19-16(23)20(14)2/h5-9H,4,10H2,1-3H3,(H,17,21)(H,19,23)/b11-9+. The molecule has 6 nitrogen and oxygen atoms in total. The van der Waals surface area contributed by atoms with E-state index in [0.717, 1.165) is 23.3 Å². The topological polar surface area (TPSA) is 71.9 Å². The van der Waals surface area contributed by atoms with E-state index in [1.165, 1.54) is 0 Å². The lowest BCUT2D eigenvalue weighted by Gasteiger charge is -2.07. The quantitative estimate of drug-likeness (QED) is 0.630. The highest BCUT2D eigenvalue weighted by atomic mass is 32.1. The van der Waals surface area contributed by atoms with Gasteiger partial charge in [0.05, 0.1) is 13.7 Å². The number of allylic oxidation sites excluding steroid dienone is 1. The van der Waals surface area contributed by atoms with Crippen molar-refractivity contribution in [3.63, 3.8) is 0 Å². The largest absolute Gasteiger partial charge is 0.497 e. The Morgan fingerprint density at radius 3 is 2.65 bits per heavy atom. The van der Waals surface area contributed by atoms with E-state index < -0.39 is 0 Å². The zero-order valence-electron chi connectivity index (χ0n) is 13.4. The van der Waals surface area contributed by atoms with Gasteiger partial charge in [-0.2, -0.15) is 5.10 Å². The summed E-state index contributed by atoms with van der Waals surface area (Å²) in [5.41, 5.74) is 1.96. The van der Waals surface area contributed by atoms with Gasteiger partial charge in [0.2, 0.25) is 5.91 Å². The zero-order valence-corrected chi connectivity index (χ0v) is 14.2. The van der Waals surface area contributed by atoms with Gasteiger partial charge in [-0.25, -0.2) is 0 Å². The van der Waals surface area contributed by atoms with Crippen LogP contribution in [-0.4, -0.2) is 27.8 Å². The molecular formula is C16H20N4O2S. The van der Waals surface area contributed by atoms with Crippen LogP contribution >= 0.6 is 12.2 Å². The predicted molar refractivity (Wildman–Crippen MR) is 91.5 cm³/mol. The maximum Gasteiger partial charge on any atom is 0.244 e. The smallest absolute Gasteiger partial charge is 0.244 e. The van der Waals surface area contributed by atoms with E-state index in [1.807, 2.05) is 31.2 Å². The molecule has 0 aliphatic rings. The Morgan fingerprint density at radius 2 is 2.13 bits per heavy atom. The Kier molecular flexibility index (Phi) is 5.70. The molecule has 2 aromatic rings. The molecule has 1 heterocycles. The molecule has 2 N–H and O–H groups in total. The highest BCUT2D eigenvalue weighted by molar-refractivity contribution is 7.71. The second kappa shape index (κ2) is 7.73. The van der Waals surface area contributed by atoms with Gasteiger partial charge in [0.25, 0.3) is 0 Å². The number of H-pyrrole nitrogens is 1. The minimum Gasteiger partial charge on any atom is -0.497 e. The number of rotatable bonds is 6. The second-order valence-electron chi connectivity index (χ2n) is 4.97. The molecule has 1 amide bonds. The number of hydrogen-bond donors (Lipinski definition) is 2. The Bertz CT molecular complexity index is 759. The maximum atomic E-state index is 12.1. The lowest BCUT2D eigenvalue weighted by molar-refractivity contribution is -0.116. The fourth-order valence-corrected chi connectivity index (χ4v) is 2.26. The van der Waals surface area contributed by atoms with Gasteiger partial charge >= 0.3 is 0 Å². The van der Waals surface area contributed by atoms with E-state index in [0.29, 0.717) is 17.1 Å². The maximum absolute atomic E-state index is 12.1. The van der Waals surface area contributed by atoms with Crippen molar-refractivity contribution in [3.05, 3.63) is 46.5 Å². The van der Waals surface area contributed by atoms with Gasteiger partial charge in [0, 0.05) is 13.1 Å². The predicted octanol–water partition coefficient (Wildman–Crippen LogP) is 2.60. The molecule has 0 aliphatic carbocycles. The molecule has 1 aromatic carbocycles. The van der Waals surface area contributed by atoms with Crippen molar-refractivity contribution in [2.24, 2.45) is 7.05 Å². The SMILES string of the molecule is CC/C(=C\C(=O)NCc1n[nH]c(=S)n1C)c1ccc(OC)cc1. The lowest BCUT2D eigenvalue weighted by Crippen LogP contribution is -2.22. The van der Waals surface area contributed by atoms with Crippen LogP contribution in [0.1, 0.15) is 24.7 Å². The molecule has 0 atom stereocenters. The highest BCUT2D eigenvalue weighted by Crippen LogP contribution is 2.20. The Morgan fingerprint density at radius 1 is 1.43 bits per heavy atom. The molecular weight excluding hydrogens is 312 g/mol. The number of nitrogens with one attached hydrogen (secondary N) is 2. The number of aromatic amines is 1. The van der Waals surface area contributed by atoms with Crippen molar-refractivity contribution in [2.75, 3.05) is 7.11 Å². The number of carbonyl (C=O) groups excluding carboxylic acids is 1. The molecule has 0 radical (unpaired) electrons. The van der Waals surface area contributed by atoms with Crippen LogP contribution < -0.4 is 10.1 Å². The molecule has 0 saturated carbocycles. The summed E-state index contributed by atoms with van der Waals surface area (Å²) < 4.78 is 7.40. The summed E-state index contributed by atoms with van der Waals surface area (Å²) in [7, 11) is 3.43. The molecule has 0 fully saturated rings. The fraction of sp³-hybridized carbons (Fsp3) is 0.312. The summed E-state index contributed by atoms with van der Waals surface area (Å²) in [6.07, 6.45) is 2.37. The molecule has 0 aliphatic heterocycles. The van der Waals surface area contributed by atoms with Crippen LogP contribution in [-0.2, 0) is 18.4 Å². The molecule has 0 spiro atoms. The molecule has 0 bridgehead atoms. The third-order valence-electron chi connectivity index (χ3n) is 3.54.